The number of hydrogen-bond acceptors (Lipinski definition) is 4. The Morgan fingerprint density at radius 2 is 2.03 bits per heavy atom. The number of halogens is 1. The summed E-state index contributed by atoms with van der Waals surface area (Å²) in [7, 11) is 0. The minimum absolute atomic E-state index is 0.151. The van der Waals surface area contributed by atoms with Gasteiger partial charge in [-0.15, -0.1) is 0 Å². The molecule has 3 heterocycles. The van der Waals surface area contributed by atoms with Gasteiger partial charge in [0.2, 0.25) is 6.79 Å². The molecule has 5 rings (SSSR count). The third-order valence-electron chi connectivity index (χ3n) is 7.35. The normalized spacial score (nSPS) is 33.6. The highest BCUT2D eigenvalue weighted by atomic mass is 35.5. The maximum Gasteiger partial charge on any atom is 0.332 e. The molecule has 5 nitrogen and oxygen atoms in total. The molecule has 1 saturated heterocycles. The van der Waals surface area contributed by atoms with Crippen molar-refractivity contribution in [2.45, 2.75) is 63.8 Å². The Morgan fingerprint density at radius 3 is 2.83 bits per heavy atom. The number of carbonyl (C=O) groups excluding carboxylic acids is 1. The maximum atomic E-state index is 12.2. The Labute approximate surface area is 176 Å². The Morgan fingerprint density at radius 1 is 1.24 bits per heavy atom. The van der Waals surface area contributed by atoms with Crippen molar-refractivity contribution in [1.82, 2.24) is 0 Å². The van der Waals surface area contributed by atoms with Gasteiger partial charge in [-0.2, -0.15) is 0 Å². The molecule has 1 fully saturated rings. The summed E-state index contributed by atoms with van der Waals surface area (Å²) in [5, 5.41) is 0.705. The first kappa shape index (κ1) is 19.0. The van der Waals surface area contributed by atoms with E-state index in [0.29, 0.717) is 16.8 Å². The summed E-state index contributed by atoms with van der Waals surface area (Å²) in [4.78, 5) is 12.2. The van der Waals surface area contributed by atoms with E-state index in [0.717, 1.165) is 47.3 Å². The van der Waals surface area contributed by atoms with Gasteiger partial charge < -0.3 is 18.7 Å². The zero-order valence-electron chi connectivity index (χ0n) is 16.9. The fraction of sp³-hybridized carbons (Fsp3) is 0.522. The van der Waals surface area contributed by atoms with Crippen molar-refractivity contribution >= 4 is 17.6 Å². The van der Waals surface area contributed by atoms with Gasteiger partial charge >= 0.3 is 5.97 Å². The van der Waals surface area contributed by atoms with E-state index in [9.17, 15) is 4.79 Å². The van der Waals surface area contributed by atoms with Crippen LogP contribution in [0.15, 0.2) is 35.9 Å². The molecule has 0 radical (unpaired) electrons. The number of benzene rings is 1. The number of fused-ring (bicyclic) bond motifs is 2. The molecule has 0 N–H and O–H groups in total. The quantitative estimate of drug-likeness (QED) is 0.388. The Kier molecular flexibility index (Phi) is 4.44. The second-order valence-electron chi connectivity index (χ2n) is 8.71. The number of likely N-dealkylation sites (tertiary alicyclic amines) is 1. The smallest absolute Gasteiger partial charge is 0.332 e. The molecule has 0 saturated carbocycles. The zero-order chi connectivity index (χ0) is 20.2. The summed E-state index contributed by atoms with van der Waals surface area (Å²) in [6.45, 7) is 6.51. The van der Waals surface area contributed by atoms with Crippen molar-refractivity contribution in [1.29, 1.82) is 0 Å². The van der Waals surface area contributed by atoms with Crippen LogP contribution in [0.5, 0.6) is 11.5 Å². The molecule has 1 unspecified atom stereocenters. The number of ether oxygens (including phenoxy) is 3. The van der Waals surface area contributed by atoms with Gasteiger partial charge in [0.15, 0.2) is 17.1 Å². The van der Waals surface area contributed by atoms with E-state index >= 15 is 0 Å². The van der Waals surface area contributed by atoms with E-state index < -0.39 is 5.60 Å². The minimum atomic E-state index is -0.508. The molecule has 1 spiro atoms. The summed E-state index contributed by atoms with van der Waals surface area (Å²) < 4.78 is 17.9. The van der Waals surface area contributed by atoms with Gasteiger partial charge in [-0.1, -0.05) is 31.0 Å². The van der Waals surface area contributed by atoms with Crippen LogP contribution in [0.2, 0.25) is 5.02 Å². The molecule has 2 bridgehead atoms. The lowest BCUT2D eigenvalue weighted by atomic mass is 9.83. The van der Waals surface area contributed by atoms with E-state index in [4.69, 9.17) is 25.8 Å². The van der Waals surface area contributed by atoms with Gasteiger partial charge in [-0.3, -0.25) is 0 Å². The third kappa shape index (κ3) is 2.74. The van der Waals surface area contributed by atoms with Gasteiger partial charge in [-0.25, -0.2) is 4.79 Å². The number of esters is 1. The zero-order valence-corrected chi connectivity index (χ0v) is 17.7. The van der Waals surface area contributed by atoms with Crippen LogP contribution in [0.25, 0.3) is 0 Å². The van der Waals surface area contributed by atoms with E-state index in [1.54, 1.807) is 6.08 Å². The van der Waals surface area contributed by atoms with Crippen LogP contribution in [-0.2, 0) is 16.1 Å². The number of quaternary nitrogens is 1. The van der Waals surface area contributed by atoms with Crippen molar-refractivity contribution in [3.8, 4) is 11.5 Å². The summed E-state index contributed by atoms with van der Waals surface area (Å²) in [5.74, 6) is 1.25. The molecule has 3 aliphatic heterocycles. The number of rotatable bonds is 6. The molecule has 1 aliphatic carbocycles. The highest BCUT2D eigenvalue weighted by Crippen LogP contribution is 2.54. The topological polar surface area (TPSA) is 44.8 Å². The standard InChI is InChI=1S/C23H27ClNO4/c1-3-4-5-8-25(13-16-9-20-21(11-19(16)24)28-14-27-20)15(2)23-12-18(25)7-6-17(23)10-22(26)29-23/h6-7,9-11,15,18H,3-5,8,12-14H2,1-2H3/q+1/t15-,18+,23+,25?/m1/s1. The highest BCUT2D eigenvalue weighted by Gasteiger charge is 2.66. The molecule has 1 aromatic rings. The van der Waals surface area contributed by atoms with E-state index in [1.807, 2.05) is 12.1 Å². The molecule has 4 aliphatic rings. The molecule has 4 atom stereocenters. The molecule has 154 valence electrons. The van der Waals surface area contributed by atoms with Crippen LogP contribution in [-0.4, -0.2) is 41.5 Å². The van der Waals surface area contributed by atoms with Crippen molar-refractivity contribution in [2.24, 2.45) is 0 Å². The average Bonchev–Trinajstić information content (AvgIpc) is 3.33. The van der Waals surface area contributed by atoms with E-state index in [-0.39, 0.29) is 18.8 Å². The molecule has 6 heteroatoms. The predicted octanol–water partition coefficient (Wildman–Crippen LogP) is 4.53. The van der Waals surface area contributed by atoms with E-state index in [1.165, 1.54) is 12.8 Å². The summed E-state index contributed by atoms with van der Waals surface area (Å²) in [6.07, 6.45) is 10.4. The maximum absolute atomic E-state index is 12.2. The second kappa shape index (κ2) is 6.78. The van der Waals surface area contributed by atoms with Crippen LogP contribution in [0.1, 0.15) is 45.1 Å². The lowest BCUT2D eigenvalue weighted by molar-refractivity contribution is -0.968. The molecular weight excluding hydrogens is 390 g/mol. The van der Waals surface area contributed by atoms with Gasteiger partial charge in [0.1, 0.15) is 18.6 Å². The first-order valence-corrected chi connectivity index (χ1v) is 10.9. The number of nitrogens with zero attached hydrogens (tertiary/aromatic N) is 1. The fourth-order valence-electron chi connectivity index (χ4n) is 5.76. The Bertz CT molecular complexity index is 926. The molecule has 0 aromatic heterocycles. The van der Waals surface area contributed by atoms with Crippen LogP contribution < -0.4 is 9.47 Å². The molecular formula is C23H27ClNO4+. The predicted molar refractivity (Wildman–Crippen MR) is 110 cm³/mol. The average molecular weight is 417 g/mol. The Hall–Kier alpha value is -1.98. The summed E-state index contributed by atoms with van der Waals surface area (Å²) in [6, 6.07) is 4.34. The lowest BCUT2D eigenvalue weighted by Gasteiger charge is -2.44. The summed E-state index contributed by atoms with van der Waals surface area (Å²) >= 11 is 6.67. The van der Waals surface area contributed by atoms with Crippen molar-refractivity contribution < 1.29 is 23.5 Å². The van der Waals surface area contributed by atoms with Gasteiger partial charge in [-0.05, 0) is 31.9 Å². The SMILES string of the molecule is CCCCC[N+]1(Cc2cc3c(cc2Cl)OCO3)[C@H](C)[C@@]23C[C@@H]1C=CC2=CC(=O)O3. The monoisotopic (exact) mass is 416 g/mol. The minimum Gasteiger partial charge on any atom is -0.454 e. The van der Waals surface area contributed by atoms with Gasteiger partial charge in [0, 0.05) is 23.3 Å². The van der Waals surface area contributed by atoms with Crippen molar-refractivity contribution in [2.75, 3.05) is 13.3 Å². The third-order valence-corrected chi connectivity index (χ3v) is 7.70. The lowest BCUT2D eigenvalue weighted by Crippen LogP contribution is -2.58. The van der Waals surface area contributed by atoms with Gasteiger partial charge in [0.25, 0.3) is 0 Å². The Balaban J connectivity index is 1.55. The van der Waals surface area contributed by atoms with Crippen LogP contribution in [0, 0.1) is 0 Å². The summed E-state index contributed by atoms with van der Waals surface area (Å²) in [5.41, 5.74) is 1.58. The largest absolute Gasteiger partial charge is 0.454 e. The van der Waals surface area contributed by atoms with Crippen LogP contribution in [0.4, 0.5) is 0 Å². The van der Waals surface area contributed by atoms with Crippen LogP contribution in [0.3, 0.4) is 0 Å². The second-order valence-corrected chi connectivity index (χ2v) is 9.11. The first-order chi connectivity index (χ1) is 14.0. The number of unbranched alkanes of at least 4 members (excludes halogenated alkanes) is 2. The van der Waals surface area contributed by atoms with Crippen molar-refractivity contribution in [3.63, 3.8) is 0 Å². The number of hydrogen-bond donors (Lipinski definition) is 0. The fourth-order valence-corrected chi connectivity index (χ4v) is 5.97. The molecule has 1 aromatic carbocycles. The highest BCUT2D eigenvalue weighted by molar-refractivity contribution is 6.31. The number of carbonyl (C=O) groups is 1. The van der Waals surface area contributed by atoms with Crippen LogP contribution >= 0.6 is 11.6 Å². The first-order valence-electron chi connectivity index (χ1n) is 10.6. The van der Waals surface area contributed by atoms with E-state index in [2.05, 4.69) is 26.0 Å². The molecule has 29 heavy (non-hydrogen) atoms. The van der Waals surface area contributed by atoms with Gasteiger partial charge in [0.05, 0.1) is 18.0 Å². The molecule has 0 amide bonds. The van der Waals surface area contributed by atoms with Crippen molar-refractivity contribution in [3.05, 3.63) is 46.5 Å².